The van der Waals surface area contributed by atoms with Gasteiger partial charge < -0.3 is 4.90 Å². The van der Waals surface area contributed by atoms with Crippen LogP contribution in [0.2, 0.25) is 0 Å². The Kier molecular flexibility index (Phi) is 4.89. The number of hydrogen-bond acceptors (Lipinski definition) is 1. The topological polar surface area (TPSA) is 20.3 Å². The van der Waals surface area contributed by atoms with Gasteiger partial charge in [-0.25, -0.2) is 0 Å². The van der Waals surface area contributed by atoms with Gasteiger partial charge in [-0.3, -0.25) is 4.79 Å². The van der Waals surface area contributed by atoms with Crippen LogP contribution in [0.1, 0.15) is 10.4 Å². The van der Waals surface area contributed by atoms with Crippen molar-refractivity contribution in [3.05, 3.63) is 35.9 Å². The van der Waals surface area contributed by atoms with Crippen LogP contribution in [0.25, 0.3) is 0 Å². The van der Waals surface area contributed by atoms with Crippen LogP contribution in [-0.4, -0.2) is 24.9 Å². The van der Waals surface area contributed by atoms with Crippen molar-refractivity contribution in [1.29, 1.82) is 0 Å². The molecule has 0 unspecified atom stereocenters. The molecule has 0 atom stereocenters. The molecule has 0 N–H and O–H groups in total. The summed E-state index contributed by atoms with van der Waals surface area (Å²) in [7, 11) is 3.49. The van der Waals surface area contributed by atoms with E-state index in [9.17, 15) is 4.79 Å². The Balaban J connectivity index is 0.00000121. The van der Waals surface area contributed by atoms with Gasteiger partial charge in [-0.1, -0.05) is 18.2 Å². The molecular weight excluding hydrogens is 265 g/mol. The van der Waals surface area contributed by atoms with Crippen molar-refractivity contribution < 1.29 is 4.79 Å². The molecule has 0 aliphatic rings. The molecule has 1 aromatic carbocycles. The van der Waals surface area contributed by atoms with Gasteiger partial charge in [0.1, 0.15) is 0 Å². The summed E-state index contributed by atoms with van der Waals surface area (Å²) in [5, 5.41) is 0. The third-order valence-corrected chi connectivity index (χ3v) is 1.43. The third-order valence-electron chi connectivity index (χ3n) is 1.43. The largest absolute Gasteiger partial charge is 0.345 e. The van der Waals surface area contributed by atoms with E-state index < -0.39 is 0 Å². The van der Waals surface area contributed by atoms with Gasteiger partial charge in [-0.2, -0.15) is 0 Å². The van der Waals surface area contributed by atoms with E-state index in [0.29, 0.717) is 0 Å². The number of hydrogen-bond donors (Lipinski definition) is 0. The van der Waals surface area contributed by atoms with E-state index in [2.05, 4.69) is 0 Å². The molecule has 1 rings (SSSR count). The zero-order valence-corrected chi connectivity index (χ0v) is 9.48. The standard InChI is InChI=1S/C9H11NO.HI/c1-10(2)9(11)8-6-4-3-5-7-8;/h3-7H,1-2H3;1H. The normalized spacial score (nSPS) is 8.50. The molecule has 0 aliphatic heterocycles. The number of amides is 1. The van der Waals surface area contributed by atoms with Crippen molar-refractivity contribution >= 4 is 29.9 Å². The first-order chi connectivity index (χ1) is 5.22. The van der Waals surface area contributed by atoms with Gasteiger partial charge in [0.05, 0.1) is 0 Å². The summed E-state index contributed by atoms with van der Waals surface area (Å²) in [6.07, 6.45) is 0. The quantitative estimate of drug-likeness (QED) is 0.719. The minimum absolute atomic E-state index is 0. The minimum atomic E-state index is 0. The second kappa shape index (κ2) is 5.13. The average molecular weight is 277 g/mol. The van der Waals surface area contributed by atoms with Crippen LogP contribution in [0.15, 0.2) is 30.3 Å². The van der Waals surface area contributed by atoms with Gasteiger partial charge in [0.15, 0.2) is 0 Å². The summed E-state index contributed by atoms with van der Waals surface area (Å²) in [6, 6.07) is 9.23. The maximum atomic E-state index is 11.3. The first kappa shape index (κ1) is 11.4. The van der Waals surface area contributed by atoms with Crippen molar-refractivity contribution in [2.24, 2.45) is 0 Å². The van der Waals surface area contributed by atoms with Gasteiger partial charge in [0, 0.05) is 19.7 Å². The Labute approximate surface area is 89.6 Å². The lowest BCUT2D eigenvalue weighted by molar-refractivity contribution is 0.0827. The van der Waals surface area contributed by atoms with Gasteiger partial charge in [-0.15, -0.1) is 24.0 Å². The number of rotatable bonds is 1. The highest BCUT2D eigenvalue weighted by Crippen LogP contribution is 2.00. The highest BCUT2D eigenvalue weighted by atomic mass is 127. The Bertz CT molecular complexity index is 246. The molecule has 0 aliphatic carbocycles. The number of nitrogens with zero attached hydrogens (tertiary/aromatic N) is 1. The average Bonchev–Trinajstić information content (AvgIpc) is 2.05. The molecule has 0 saturated carbocycles. The molecule has 1 amide bonds. The zero-order valence-electron chi connectivity index (χ0n) is 7.15. The van der Waals surface area contributed by atoms with E-state index in [1.165, 1.54) is 0 Å². The second-order valence-corrected chi connectivity index (χ2v) is 2.57. The molecule has 1 aromatic rings. The maximum Gasteiger partial charge on any atom is 0.253 e. The SMILES string of the molecule is CN(C)C(=O)c1ccccc1.I. The lowest BCUT2D eigenvalue weighted by atomic mass is 10.2. The molecule has 0 saturated heterocycles. The summed E-state index contributed by atoms with van der Waals surface area (Å²) >= 11 is 0. The fourth-order valence-electron chi connectivity index (χ4n) is 0.839. The summed E-state index contributed by atoms with van der Waals surface area (Å²) in [6.45, 7) is 0. The predicted molar refractivity (Wildman–Crippen MR) is 59.9 cm³/mol. The van der Waals surface area contributed by atoms with Crippen molar-refractivity contribution in [1.82, 2.24) is 4.90 Å². The zero-order chi connectivity index (χ0) is 8.27. The van der Waals surface area contributed by atoms with Gasteiger partial charge in [0.25, 0.3) is 5.91 Å². The van der Waals surface area contributed by atoms with Crippen LogP contribution in [0.3, 0.4) is 0 Å². The Morgan fingerprint density at radius 1 is 1.17 bits per heavy atom. The lowest BCUT2D eigenvalue weighted by Crippen LogP contribution is -2.21. The molecule has 2 nitrogen and oxygen atoms in total. The molecule has 0 bridgehead atoms. The first-order valence-corrected chi connectivity index (χ1v) is 3.48. The van der Waals surface area contributed by atoms with E-state index in [4.69, 9.17) is 0 Å². The smallest absolute Gasteiger partial charge is 0.253 e. The minimum Gasteiger partial charge on any atom is -0.345 e. The van der Waals surface area contributed by atoms with Crippen LogP contribution in [0.4, 0.5) is 0 Å². The van der Waals surface area contributed by atoms with E-state index in [1.807, 2.05) is 30.3 Å². The number of carbonyl (C=O) groups excluding carboxylic acids is 1. The van der Waals surface area contributed by atoms with Crippen molar-refractivity contribution in [2.75, 3.05) is 14.1 Å². The summed E-state index contributed by atoms with van der Waals surface area (Å²) < 4.78 is 0. The Morgan fingerprint density at radius 3 is 2.08 bits per heavy atom. The van der Waals surface area contributed by atoms with Crippen molar-refractivity contribution in [2.45, 2.75) is 0 Å². The number of carbonyl (C=O) groups is 1. The molecule has 66 valence electrons. The number of halogens is 1. The van der Waals surface area contributed by atoms with Gasteiger partial charge in [0.2, 0.25) is 0 Å². The highest BCUT2D eigenvalue weighted by Gasteiger charge is 2.04. The van der Waals surface area contributed by atoms with Crippen LogP contribution in [-0.2, 0) is 0 Å². The Morgan fingerprint density at radius 2 is 1.67 bits per heavy atom. The molecule has 0 fully saturated rings. The lowest BCUT2D eigenvalue weighted by Gasteiger charge is -2.08. The summed E-state index contributed by atoms with van der Waals surface area (Å²) in [5.41, 5.74) is 0.734. The molecule has 0 heterocycles. The predicted octanol–water partition coefficient (Wildman–Crippen LogP) is 2.01. The molecule has 3 heteroatoms. The highest BCUT2D eigenvalue weighted by molar-refractivity contribution is 14.0. The van der Waals surface area contributed by atoms with Crippen LogP contribution in [0.5, 0.6) is 0 Å². The van der Waals surface area contributed by atoms with E-state index in [0.717, 1.165) is 5.56 Å². The van der Waals surface area contributed by atoms with Gasteiger partial charge >= 0.3 is 0 Å². The monoisotopic (exact) mass is 277 g/mol. The van der Waals surface area contributed by atoms with Gasteiger partial charge in [-0.05, 0) is 12.1 Å². The van der Waals surface area contributed by atoms with E-state index >= 15 is 0 Å². The van der Waals surface area contributed by atoms with E-state index in [-0.39, 0.29) is 29.9 Å². The van der Waals surface area contributed by atoms with Crippen LogP contribution >= 0.6 is 24.0 Å². The fourth-order valence-corrected chi connectivity index (χ4v) is 0.839. The maximum absolute atomic E-state index is 11.3. The Hall–Kier alpha value is -0.580. The number of benzene rings is 1. The van der Waals surface area contributed by atoms with E-state index in [1.54, 1.807) is 19.0 Å². The van der Waals surface area contributed by atoms with Crippen LogP contribution < -0.4 is 0 Å². The molecule has 0 spiro atoms. The van der Waals surface area contributed by atoms with Crippen LogP contribution in [0, 0.1) is 0 Å². The molecule has 0 aromatic heterocycles. The molecule has 0 radical (unpaired) electrons. The second-order valence-electron chi connectivity index (χ2n) is 2.57. The fraction of sp³-hybridized carbons (Fsp3) is 0.222. The third kappa shape index (κ3) is 2.81. The summed E-state index contributed by atoms with van der Waals surface area (Å²) in [5.74, 6) is 0.0469. The van der Waals surface area contributed by atoms with Crippen molar-refractivity contribution in [3.63, 3.8) is 0 Å². The molecule has 12 heavy (non-hydrogen) atoms. The summed E-state index contributed by atoms with van der Waals surface area (Å²) in [4.78, 5) is 12.8. The van der Waals surface area contributed by atoms with Crippen molar-refractivity contribution in [3.8, 4) is 0 Å². The first-order valence-electron chi connectivity index (χ1n) is 3.48. The molecular formula is C9H12INO.